The van der Waals surface area contributed by atoms with Crippen LogP contribution in [0.25, 0.3) is 0 Å². The Labute approximate surface area is 148 Å². The zero-order chi connectivity index (χ0) is 17.5. The summed E-state index contributed by atoms with van der Waals surface area (Å²) in [5.41, 5.74) is 2.11. The van der Waals surface area contributed by atoms with Crippen molar-refractivity contribution in [3.63, 3.8) is 0 Å². The summed E-state index contributed by atoms with van der Waals surface area (Å²) in [5, 5.41) is 2.91. The summed E-state index contributed by atoms with van der Waals surface area (Å²) >= 11 is 1.54. The number of carbonyl (C=O) groups is 1. The molecule has 1 N–H and O–H groups in total. The van der Waals surface area contributed by atoms with Gasteiger partial charge in [-0.3, -0.25) is 4.79 Å². The van der Waals surface area contributed by atoms with Gasteiger partial charge in [0.25, 0.3) is 0 Å². The average Bonchev–Trinajstić information content (AvgIpc) is 2.62. The van der Waals surface area contributed by atoms with Gasteiger partial charge in [-0.05, 0) is 55.2 Å². The van der Waals surface area contributed by atoms with E-state index in [1.165, 1.54) is 5.56 Å². The Bertz CT molecular complexity index is 670. The SMILES string of the molecule is CC[C@@H](C)c1ccccc1NC(=O)[C@H](C)Sc1ccc(OC)cc1. The standard InChI is InChI=1S/C20H25NO2S/c1-5-14(2)18-8-6-7-9-19(18)21-20(22)15(3)24-17-12-10-16(23-4)11-13-17/h6-15H,5H2,1-4H3,(H,21,22)/t14-,15+/m1/s1. The van der Waals surface area contributed by atoms with Crippen LogP contribution in [-0.4, -0.2) is 18.3 Å². The first-order valence-corrected chi connectivity index (χ1v) is 9.13. The van der Waals surface area contributed by atoms with Crippen molar-refractivity contribution in [2.45, 2.75) is 43.3 Å². The second-order valence-electron chi connectivity index (χ2n) is 5.82. The summed E-state index contributed by atoms with van der Waals surface area (Å²) in [7, 11) is 1.65. The summed E-state index contributed by atoms with van der Waals surface area (Å²) in [5.74, 6) is 1.26. The van der Waals surface area contributed by atoms with Gasteiger partial charge in [-0.15, -0.1) is 11.8 Å². The molecule has 3 nitrogen and oxygen atoms in total. The molecule has 0 fully saturated rings. The van der Waals surface area contributed by atoms with E-state index < -0.39 is 0 Å². The maximum absolute atomic E-state index is 12.5. The van der Waals surface area contributed by atoms with Gasteiger partial charge in [0.2, 0.25) is 5.91 Å². The van der Waals surface area contributed by atoms with Gasteiger partial charge in [0.15, 0.2) is 0 Å². The van der Waals surface area contributed by atoms with Crippen molar-refractivity contribution in [1.29, 1.82) is 0 Å². The molecule has 0 radical (unpaired) electrons. The molecule has 4 heteroatoms. The van der Waals surface area contributed by atoms with Crippen LogP contribution in [0.4, 0.5) is 5.69 Å². The van der Waals surface area contributed by atoms with E-state index in [4.69, 9.17) is 4.74 Å². The number of ether oxygens (including phenoxy) is 1. The Morgan fingerprint density at radius 3 is 2.42 bits per heavy atom. The van der Waals surface area contributed by atoms with Crippen LogP contribution in [-0.2, 0) is 4.79 Å². The summed E-state index contributed by atoms with van der Waals surface area (Å²) in [4.78, 5) is 13.6. The molecule has 0 saturated heterocycles. The quantitative estimate of drug-likeness (QED) is 0.691. The number of methoxy groups -OCH3 is 1. The molecule has 2 rings (SSSR count). The van der Waals surface area contributed by atoms with Crippen LogP contribution in [0.3, 0.4) is 0 Å². The minimum absolute atomic E-state index is 0.0200. The van der Waals surface area contributed by atoms with Crippen LogP contribution in [0.15, 0.2) is 53.4 Å². The van der Waals surface area contributed by atoms with Crippen LogP contribution in [0, 0.1) is 0 Å². The molecule has 128 valence electrons. The van der Waals surface area contributed by atoms with Crippen molar-refractivity contribution < 1.29 is 9.53 Å². The van der Waals surface area contributed by atoms with Crippen LogP contribution in [0.2, 0.25) is 0 Å². The summed E-state index contributed by atoms with van der Waals surface area (Å²) in [6.07, 6.45) is 1.04. The van der Waals surface area contributed by atoms with Crippen molar-refractivity contribution >= 4 is 23.4 Å². The molecule has 1 amide bonds. The first kappa shape index (κ1) is 18.4. The number of carbonyl (C=O) groups excluding carboxylic acids is 1. The topological polar surface area (TPSA) is 38.3 Å². The Balaban J connectivity index is 2.03. The molecule has 0 aliphatic carbocycles. The first-order chi connectivity index (χ1) is 11.5. The normalized spacial score (nSPS) is 13.2. The van der Waals surface area contributed by atoms with E-state index in [1.807, 2.05) is 49.4 Å². The molecule has 0 unspecified atom stereocenters. The van der Waals surface area contributed by atoms with E-state index in [9.17, 15) is 4.79 Å². The fraction of sp³-hybridized carbons (Fsp3) is 0.350. The number of anilines is 1. The molecule has 0 spiro atoms. The summed E-state index contributed by atoms with van der Waals surface area (Å²) in [6.45, 7) is 6.27. The van der Waals surface area contributed by atoms with Crippen LogP contribution in [0.5, 0.6) is 5.75 Å². The Morgan fingerprint density at radius 1 is 1.12 bits per heavy atom. The maximum atomic E-state index is 12.5. The van der Waals surface area contributed by atoms with Gasteiger partial charge < -0.3 is 10.1 Å². The molecular weight excluding hydrogens is 318 g/mol. The van der Waals surface area contributed by atoms with Gasteiger partial charge >= 0.3 is 0 Å². The molecule has 0 aliphatic rings. The number of amides is 1. The molecule has 0 aliphatic heterocycles. The number of benzene rings is 2. The maximum Gasteiger partial charge on any atom is 0.237 e. The van der Waals surface area contributed by atoms with E-state index in [1.54, 1.807) is 18.9 Å². The van der Waals surface area contributed by atoms with E-state index in [0.29, 0.717) is 5.92 Å². The third kappa shape index (κ3) is 4.78. The average molecular weight is 343 g/mol. The molecule has 2 aromatic carbocycles. The second kappa shape index (κ2) is 8.78. The number of hydrogen-bond donors (Lipinski definition) is 1. The number of hydrogen-bond acceptors (Lipinski definition) is 3. The van der Waals surface area contributed by atoms with Crippen molar-refractivity contribution in [2.75, 3.05) is 12.4 Å². The molecular formula is C20H25NO2S. The predicted octanol–water partition coefficient (Wildman–Crippen LogP) is 5.33. The fourth-order valence-corrected chi connectivity index (χ4v) is 3.27. The number of para-hydroxylation sites is 1. The van der Waals surface area contributed by atoms with E-state index in [2.05, 4.69) is 25.2 Å². The molecule has 2 aromatic rings. The van der Waals surface area contributed by atoms with Crippen LogP contribution >= 0.6 is 11.8 Å². The molecule has 0 aromatic heterocycles. The van der Waals surface area contributed by atoms with Crippen molar-refractivity contribution in [1.82, 2.24) is 0 Å². The summed E-state index contributed by atoms with van der Waals surface area (Å²) in [6, 6.07) is 15.8. The van der Waals surface area contributed by atoms with E-state index in [-0.39, 0.29) is 11.2 Å². The van der Waals surface area contributed by atoms with Gasteiger partial charge in [-0.2, -0.15) is 0 Å². The predicted molar refractivity (Wildman–Crippen MR) is 102 cm³/mol. The number of nitrogens with one attached hydrogen (secondary N) is 1. The van der Waals surface area contributed by atoms with Gasteiger partial charge in [0.05, 0.1) is 12.4 Å². The molecule has 0 bridgehead atoms. The van der Waals surface area contributed by atoms with Gasteiger partial charge in [-0.25, -0.2) is 0 Å². The Kier molecular flexibility index (Phi) is 6.73. The van der Waals surface area contributed by atoms with Crippen molar-refractivity contribution in [3.05, 3.63) is 54.1 Å². The Hall–Kier alpha value is -1.94. The Morgan fingerprint density at radius 2 is 1.79 bits per heavy atom. The first-order valence-electron chi connectivity index (χ1n) is 8.25. The minimum atomic E-state index is -0.177. The lowest BCUT2D eigenvalue weighted by Gasteiger charge is -2.17. The molecule has 0 saturated carbocycles. The van der Waals surface area contributed by atoms with Crippen LogP contribution < -0.4 is 10.1 Å². The lowest BCUT2D eigenvalue weighted by molar-refractivity contribution is -0.115. The van der Waals surface area contributed by atoms with E-state index >= 15 is 0 Å². The highest BCUT2D eigenvalue weighted by Crippen LogP contribution is 2.29. The van der Waals surface area contributed by atoms with Gasteiger partial charge in [0, 0.05) is 10.6 Å². The number of thioether (sulfide) groups is 1. The smallest absolute Gasteiger partial charge is 0.237 e. The number of rotatable bonds is 7. The highest BCUT2D eigenvalue weighted by atomic mass is 32.2. The summed E-state index contributed by atoms with van der Waals surface area (Å²) < 4.78 is 5.16. The zero-order valence-corrected chi connectivity index (χ0v) is 15.5. The highest BCUT2D eigenvalue weighted by Gasteiger charge is 2.17. The second-order valence-corrected chi connectivity index (χ2v) is 7.24. The monoisotopic (exact) mass is 343 g/mol. The van der Waals surface area contributed by atoms with Crippen LogP contribution in [0.1, 0.15) is 38.7 Å². The highest BCUT2D eigenvalue weighted by molar-refractivity contribution is 8.00. The third-order valence-electron chi connectivity index (χ3n) is 4.10. The molecule has 2 atom stereocenters. The largest absolute Gasteiger partial charge is 0.497 e. The lowest BCUT2D eigenvalue weighted by Crippen LogP contribution is -2.23. The molecule has 24 heavy (non-hydrogen) atoms. The minimum Gasteiger partial charge on any atom is -0.497 e. The van der Waals surface area contributed by atoms with Gasteiger partial charge in [0.1, 0.15) is 5.75 Å². The van der Waals surface area contributed by atoms with Crippen molar-refractivity contribution in [3.8, 4) is 5.75 Å². The third-order valence-corrected chi connectivity index (χ3v) is 5.22. The van der Waals surface area contributed by atoms with Gasteiger partial charge in [-0.1, -0.05) is 32.0 Å². The fourth-order valence-electron chi connectivity index (χ4n) is 2.41. The molecule has 0 heterocycles. The zero-order valence-electron chi connectivity index (χ0n) is 14.7. The lowest BCUT2D eigenvalue weighted by atomic mass is 9.97. The van der Waals surface area contributed by atoms with E-state index in [0.717, 1.165) is 22.8 Å². The van der Waals surface area contributed by atoms with Crippen molar-refractivity contribution in [2.24, 2.45) is 0 Å².